The summed E-state index contributed by atoms with van der Waals surface area (Å²) in [6.07, 6.45) is 7.06. The summed E-state index contributed by atoms with van der Waals surface area (Å²) in [5.74, 6) is -0.667. The molecule has 0 saturated heterocycles. The number of benzene rings is 3. The first-order valence-electron chi connectivity index (χ1n) is 17.7. The number of anilines is 2. The molecule has 0 spiro atoms. The van der Waals surface area contributed by atoms with Crippen LogP contribution in [0.25, 0.3) is 6.08 Å². The first-order valence-corrected chi connectivity index (χ1v) is 20.2. The number of amides is 4. The number of carbonyl (C=O) groups excluding carboxylic acids is 4. The van der Waals surface area contributed by atoms with E-state index in [0.29, 0.717) is 38.2 Å². The van der Waals surface area contributed by atoms with Crippen LogP contribution in [0.1, 0.15) is 80.5 Å². The van der Waals surface area contributed by atoms with Crippen molar-refractivity contribution in [2.75, 3.05) is 29.9 Å². The number of aryl methyl sites for hydroxylation is 1. The molecule has 0 bridgehead atoms. The van der Waals surface area contributed by atoms with E-state index < -0.39 is 13.2 Å². The SMILES string of the molecule is C=Cc1ccccc1N(Cc1ccccc1CC)C(=O)CCCCC(=O)NCC(=O)Nc1ccc(COC(=O)NCCCCCCO[PH](O)=S)cc1. The number of para-hydroxylation sites is 1. The summed E-state index contributed by atoms with van der Waals surface area (Å²) in [5.41, 5.74) is 5.26. The Bertz CT molecular complexity index is 1640. The average molecular weight is 751 g/mol. The van der Waals surface area contributed by atoms with Crippen LogP contribution in [-0.4, -0.2) is 48.4 Å². The molecule has 0 aliphatic heterocycles. The Morgan fingerprint density at radius 1 is 0.846 bits per heavy atom. The van der Waals surface area contributed by atoms with E-state index in [9.17, 15) is 19.2 Å². The van der Waals surface area contributed by atoms with Gasteiger partial charge in [-0.1, -0.05) is 87.0 Å². The van der Waals surface area contributed by atoms with Crippen molar-refractivity contribution in [1.29, 1.82) is 0 Å². The van der Waals surface area contributed by atoms with E-state index in [1.165, 1.54) is 5.56 Å². The molecule has 0 aliphatic rings. The summed E-state index contributed by atoms with van der Waals surface area (Å²) in [5, 5.41) is 8.10. The van der Waals surface area contributed by atoms with Crippen molar-refractivity contribution in [2.45, 2.75) is 77.9 Å². The van der Waals surface area contributed by atoms with Gasteiger partial charge >= 0.3 is 6.09 Å². The minimum atomic E-state index is -2.04. The van der Waals surface area contributed by atoms with Gasteiger partial charge in [0.2, 0.25) is 17.7 Å². The lowest BCUT2D eigenvalue weighted by atomic mass is 10.0. The topological polar surface area (TPSA) is 146 Å². The summed E-state index contributed by atoms with van der Waals surface area (Å²) in [6.45, 7) is 7.32. The number of ether oxygens (including phenoxy) is 1. The number of nitrogens with zero attached hydrogens (tertiary/aromatic N) is 1. The van der Waals surface area contributed by atoms with Gasteiger partial charge < -0.3 is 35.0 Å². The van der Waals surface area contributed by atoms with E-state index in [0.717, 1.165) is 54.5 Å². The molecule has 0 heterocycles. The highest BCUT2D eigenvalue weighted by Crippen LogP contribution is 2.26. The molecule has 52 heavy (non-hydrogen) atoms. The Hall–Kier alpha value is -4.35. The maximum absolute atomic E-state index is 13.5. The molecule has 3 rings (SSSR count). The van der Waals surface area contributed by atoms with Crippen LogP contribution in [0.2, 0.25) is 0 Å². The van der Waals surface area contributed by atoms with E-state index >= 15 is 0 Å². The largest absolute Gasteiger partial charge is 0.445 e. The summed E-state index contributed by atoms with van der Waals surface area (Å²) in [4.78, 5) is 61.2. The van der Waals surface area contributed by atoms with Crippen molar-refractivity contribution < 1.29 is 33.3 Å². The van der Waals surface area contributed by atoms with Crippen molar-refractivity contribution in [3.05, 3.63) is 102 Å². The van der Waals surface area contributed by atoms with Gasteiger partial charge in [-0.2, -0.15) is 0 Å². The molecule has 4 amide bonds. The molecule has 0 radical (unpaired) electrons. The van der Waals surface area contributed by atoms with E-state index in [-0.39, 0.29) is 43.7 Å². The summed E-state index contributed by atoms with van der Waals surface area (Å²) in [6, 6.07) is 22.7. The van der Waals surface area contributed by atoms with E-state index in [2.05, 4.69) is 47.3 Å². The quantitative estimate of drug-likeness (QED) is 0.0597. The first kappa shape index (κ1) is 42.1. The fourth-order valence-corrected chi connectivity index (χ4v) is 5.99. The molecule has 0 aliphatic carbocycles. The lowest BCUT2D eigenvalue weighted by molar-refractivity contribution is -0.124. The molecule has 280 valence electrons. The van der Waals surface area contributed by atoms with Crippen molar-refractivity contribution in [1.82, 2.24) is 10.6 Å². The number of hydrogen-bond donors (Lipinski definition) is 4. The Kier molecular flexibility index (Phi) is 19.4. The van der Waals surface area contributed by atoms with Gasteiger partial charge in [0, 0.05) is 25.1 Å². The fourth-order valence-electron chi connectivity index (χ4n) is 5.42. The molecule has 13 heteroatoms. The van der Waals surface area contributed by atoms with Gasteiger partial charge in [0.05, 0.1) is 25.4 Å². The number of carbonyl (C=O) groups is 4. The standard InChI is InChI=1S/C39H51N4O7PS/c1-3-31-15-7-8-17-33(31)28-43(35-18-10-9-16-32(35)4-2)38(46)20-12-11-19-36(44)41-27-37(45)42-34-23-21-30(22-24-34)29-49-39(47)40-25-13-5-6-14-26-50-51(48)52/h4,7-10,15-18,21-24,51H,2-3,5-6,11-14,19-20,25-29H2,1H3,(H,40,47)(H,41,44)(H,42,45)(H,48,52). The zero-order valence-corrected chi connectivity index (χ0v) is 31.7. The monoisotopic (exact) mass is 750 g/mol. The van der Waals surface area contributed by atoms with E-state index in [1.807, 2.05) is 42.5 Å². The highest BCUT2D eigenvalue weighted by molar-refractivity contribution is 8.00. The van der Waals surface area contributed by atoms with Crippen LogP contribution >= 0.6 is 7.15 Å². The predicted octanol–water partition coefficient (Wildman–Crippen LogP) is 7.04. The Morgan fingerprint density at radius 3 is 2.27 bits per heavy atom. The second kappa shape index (κ2) is 24.0. The number of nitrogens with one attached hydrogen (secondary N) is 3. The lowest BCUT2D eigenvalue weighted by Gasteiger charge is -2.26. The fraction of sp³-hybridized carbons (Fsp3) is 0.385. The number of hydrogen-bond acceptors (Lipinski definition) is 7. The van der Waals surface area contributed by atoms with Gasteiger partial charge in [-0.25, -0.2) is 4.79 Å². The number of rotatable bonds is 23. The van der Waals surface area contributed by atoms with Crippen molar-refractivity contribution >= 4 is 60.2 Å². The number of alkyl carbamates (subject to hydrolysis) is 1. The van der Waals surface area contributed by atoms with Crippen LogP contribution in [0.15, 0.2) is 79.4 Å². The highest BCUT2D eigenvalue weighted by atomic mass is 32.4. The highest BCUT2D eigenvalue weighted by Gasteiger charge is 2.19. The maximum atomic E-state index is 13.5. The minimum absolute atomic E-state index is 0.0294. The van der Waals surface area contributed by atoms with E-state index in [4.69, 9.17) is 14.2 Å². The lowest BCUT2D eigenvalue weighted by Crippen LogP contribution is -2.33. The molecule has 3 aromatic rings. The molecule has 1 unspecified atom stereocenters. The smallest absolute Gasteiger partial charge is 0.407 e. The normalized spacial score (nSPS) is 11.3. The molecule has 0 saturated carbocycles. The van der Waals surface area contributed by atoms with Gasteiger partial charge in [0.1, 0.15) is 6.61 Å². The molecule has 0 fully saturated rings. The first-order chi connectivity index (χ1) is 25.2. The van der Waals surface area contributed by atoms with Gasteiger partial charge in [0.25, 0.3) is 0 Å². The molecule has 3 aromatic carbocycles. The second-order valence-corrected chi connectivity index (χ2v) is 14.0. The molecule has 0 aromatic heterocycles. The summed E-state index contributed by atoms with van der Waals surface area (Å²) in [7, 11) is -2.04. The average Bonchev–Trinajstić information content (AvgIpc) is 3.15. The summed E-state index contributed by atoms with van der Waals surface area (Å²) < 4.78 is 10.2. The van der Waals surface area contributed by atoms with Crippen LogP contribution in [-0.2, 0) is 55.0 Å². The zero-order valence-electron chi connectivity index (χ0n) is 29.9. The molecule has 4 N–H and O–H groups in total. The van der Waals surface area contributed by atoms with Crippen LogP contribution in [0, 0.1) is 0 Å². The third-order valence-electron chi connectivity index (χ3n) is 8.24. The Labute approximate surface area is 312 Å². The van der Waals surface area contributed by atoms with E-state index in [1.54, 1.807) is 35.2 Å². The zero-order chi connectivity index (χ0) is 37.6. The molecular formula is C39H51N4O7PS. The van der Waals surface area contributed by atoms with Crippen molar-refractivity contribution in [3.63, 3.8) is 0 Å². The summed E-state index contributed by atoms with van der Waals surface area (Å²) >= 11 is 4.62. The van der Waals surface area contributed by atoms with Gasteiger partial charge in [0.15, 0.2) is 7.15 Å². The predicted molar refractivity (Wildman–Crippen MR) is 211 cm³/mol. The maximum Gasteiger partial charge on any atom is 0.407 e. The third kappa shape index (κ3) is 15.9. The molecule has 11 nitrogen and oxygen atoms in total. The third-order valence-corrected chi connectivity index (χ3v) is 9.05. The molecule has 1 atom stereocenters. The van der Waals surface area contributed by atoms with Gasteiger partial charge in [-0.15, -0.1) is 0 Å². The Balaban J connectivity index is 1.33. The number of unbranched alkanes of at least 4 members (excludes halogenated alkanes) is 4. The minimum Gasteiger partial charge on any atom is -0.445 e. The van der Waals surface area contributed by atoms with Crippen LogP contribution < -0.4 is 20.9 Å². The van der Waals surface area contributed by atoms with Gasteiger partial charge in [-0.3, -0.25) is 14.4 Å². The van der Waals surface area contributed by atoms with Crippen LogP contribution in [0.3, 0.4) is 0 Å². The van der Waals surface area contributed by atoms with Gasteiger partial charge in [-0.05, 0) is 84.4 Å². The van der Waals surface area contributed by atoms with Crippen molar-refractivity contribution in [2.24, 2.45) is 0 Å². The van der Waals surface area contributed by atoms with Crippen molar-refractivity contribution in [3.8, 4) is 0 Å². The van der Waals surface area contributed by atoms with Crippen LogP contribution in [0.4, 0.5) is 16.2 Å². The molecular weight excluding hydrogens is 699 g/mol. The second-order valence-electron chi connectivity index (χ2n) is 12.1. The van der Waals surface area contributed by atoms with Crippen LogP contribution in [0.5, 0.6) is 0 Å². The Morgan fingerprint density at radius 2 is 1.54 bits per heavy atom.